The summed E-state index contributed by atoms with van der Waals surface area (Å²) in [6.07, 6.45) is 1.50. The first kappa shape index (κ1) is 14.5. The van der Waals surface area contributed by atoms with E-state index in [2.05, 4.69) is 9.97 Å². The minimum Gasteiger partial charge on any atom is -0.384 e. The minimum absolute atomic E-state index is 0.0622. The van der Waals surface area contributed by atoms with Crippen LogP contribution in [0.4, 0.5) is 5.82 Å². The van der Waals surface area contributed by atoms with E-state index in [4.69, 9.17) is 10.5 Å². The Morgan fingerprint density at radius 1 is 1.36 bits per heavy atom. The van der Waals surface area contributed by atoms with Crippen molar-refractivity contribution in [3.05, 3.63) is 42.2 Å². The van der Waals surface area contributed by atoms with E-state index in [9.17, 15) is 4.79 Å². The van der Waals surface area contributed by atoms with Gasteiger partial charge >= 0.3 is 0 Å². The van der Waals surface area contributed by atoms with Crippen molar-refractivity contribution < 1.29 is 9.53 Å². The number of ether oxygens (including phenoxy) is 1. The van der Waals surface area contributed by atoms with E-state index in [-0.39, 0.29) is 12.0 Å². The van der Waals surface area contributed by atoms with Gasteiger partial charge in [-0.25, -0.2) is 9.97 Å². The van der Waals surface area contributed by atoms with E-state index >= 15 is 0 Å². The van der Waals surface area contributed by atoms with Crippen molar-refractivity contribution >= 4 is 11.7 Å². The molecule has 114 valence electrons. The molecule has 6 heteroatoms. The minimum atomic E-state index is -0.195. The molecule has 0 saturated carbocycles. The first-order valence-corrected chi connectivity index (χ1v) is 7.19. The number of nitrogens with zero attached hydrogens (tertiary/aromatic N) is 3. The molecule has 0 aromatic carbocycles. The van der Waals surface area contributed by atoms with Crippen molar-refractivity contribution in [2.75, 3.05) is 25.4 Å². The summed E-state index contributed by atoms with van der Waals surface area (Å²) in [5, 5.41) is 0. The average molecular weight is 298 g/mol. The Balaban J connectivity index is 1.84. The number of hydrogen-bond acceptors (Lipinski definition) is 5. The number of carbonyl (C=O) groups is 1. The lowest BCUT2D eigenvalue weighted by atomic mass is 10.1. The van der Waals surface area contributed by atoms with Gasteiger partial charge in [-0.1, -0.05) is 6.07 Å². The second kappa shape index (κ2) is 6.11. The summed E-state index contributed by atoms with van der Waals surface area (Å²) >= 11 is 0. The number of amides is 1. The van der Waals surface area contributed by atoms with Gasteiger partial charge in [0.1, 0.15) is 11.9 Å². The van der Waals surface area contributed by atoms with Crippen LogP contribution in [0.2, 0.25) is 0 Å². The zero-order valence-corrected chi connectivity index (χ0v) is 12.4. The fourth-order valence-electron chi connectivity index (χ4n) is 2.46. The molecule has 0 bridgehead atoms. The molecule has 22 heavy (non-hydrogen) atoms. The third kappa shape index (κ3) is 3.07. The van der Waals surface area contributed by atoms with Crippen LogP contribution in [0.25, 0.3) is 11.3 Å². The molecule has 0 aliphatic carbocycles. The summed E-state index contributed by atoms with van der Waals surface area (Å²) in [5.74, 6) is 0.541. The second-order valence-corrected chi connectivity index (χ2v) is 5.24. The number of carbonyl (C=O) groups excluding carboxylic acids is 1. The number of hydrogen-bond donors (Lipinski definition) is 1. The SMILES string of the molecule is CC(=O)N1CCOC(c2cccc(-c3ccc(N)nc3)n2)C1. The zero-order valence-electron chi connectivity index (χ0n) is 12.4. The van der Waals surface area contributed by atoms with Crippen molar-refractivity contribution in [3.63, 3.8) is 0 Å². The number of nitrogen functional groups attached to an aromatic ring is 1. The van der Waals surface area contributed by atoms with Gasteiger partial charge in [-0.15, -0.1) is 0 Å². The van der Waals surface area contributed by atoms with Crippen molar-refractivity contribution in [2.24, 2.45) is 0 Å². The van der Waals surface area contributed by atoms with Crippen LogP contribution in [0, 0.1) is 0 Å². The largest absolute Gasteiger partial charge is 0.384 e. The molecule has 2 aromatic heterocycles. The number of aromatic nitrogens is 2. The van der Waals surface area contributed by atoms with Crippen molar-refractivity contribution in [2.45, 2.75) is 13.0 Å². The molecule has 3 heterocycles. The Labute approximate surface area is 128 Å². The van der Waals surface area contributed by atoms with Crippen LogP contribution in [0.5, 0.6) is 0 Å². The van der Waals surface area contributed by atoms with Crippen molar-refractivity contribution in [1.82, 2.24) is 14.9 Å². The van der Waals surface area contributed by atoms with E-state index < -0.39 is 0 Å². The fourth-order valence-corrected chi connectivity index (χ4v) is 2.46. The summed E-state index contributed by atoms with van der Waals surface area (Å²) in [6, 6.07) is 9.41. The Kier molecular flexibility index (Phi) is 4.02. The lowest BCUT2D eigenvalue weighted by molar-refractivity contribution is -0.136. The lowest BCUT2D eigenvalue weighted by Crippen LogP contribution is -2.41. The maximum absolute atomic E-state index is 11.5. The van der Waals surface area contributed by atoms with Gasteiger partial charge in [0.15, 0.2) is 0 Å². The molecular formula is C16H18N4O2. The van der Waals surface area contributed by atoms with Crippen LogP contribution in [-0.4, -0.2) is 40.5 Å². The van der Waals surface area contributed by atoms with Crippen LogP contribution >= 0.6 is 0 Å². The highest BCUT2D eigenvalue weighted by Crippen LogP contribution is 2.24. The number of anilines is 1. The van der Waals surface area contributed by atoms with Crippen LogP contribution in [0.1, 0.15) is 18.7 Å². The number of pyridine rings is 2. The number of rotatable bonds is 2. The van der Waals surface area contributed by atoms with E-state index in [1.54, 1.807) is 24.1 Å². The molecule has 0 spiro atoms. The molecule has 1 saturated heterocycles. The van der Waals surface area contributed by atoms with Crippen LogP contribution in [0.15, 0.2) is 36.5 Å². The maximum atomic E-state index is 11.5. The fraction of sp³-hybridized carbons (Fsp3) is 0.312. The second-order valence-electron chi connectivity index (χ2n) is 5.24. The molecule has 1 amide bonds. The summed E-state index contributed by atoms with van der Waals surface area (Å²) < 4.78 is 5.76. The molecule has 1 aliphatic rings. The first-order valence-electron chi connectivity index (χ1n) is 7.19. The first-order chi connectivity index (χ1) is 10.6. The van der Waals surface area contributed by atoms with Gasteiger partial charge in [-0.2, -0.15) is 0 Å². The Morgan fingerprint density at radius 3 is 2.95 bits per heavy atom. The van der Waals surface area contributed by atoms with Crippen LogP contribution in [0.3, 0.4) is 0 Å². The number of morpholine rings is 1. The molecule has 2 N–H and O–H groups in total. The van der Waals surface area contributed by atoms with E-state index in [0.29, 0.717) is 25.5 Å². The Hall–Kier alpha value is -2.47. The molecule has 1 atom stereocenters. The molecule has 1 unspecified atom stereocenters. The highest BCUT2D eigenvalue weighted by molar-refractivity contribution is 5.73. The van der Waals surface area contributed by atoms with Crippen LogP contribution in [-0.2, 0) is 9.53 Å². The predicted octanol–water partition coefficient (Wildman–Crippen LogP) is 1.65. The Bertz CT molecular complexity index is 672. The molecule has 2 aromatic rings. The predicted molar refractivity (Wildman–Crippen MR) is 82.8 cm³/mol. The highest BCUT2D eigenvalue weighted by Gasteiger charge is 2.24. The van der Waals surface area contributed by atoms with E-state index in [1.165, 1.54) is 0 Å². The smallest absolute Gasteiger partial charge is 0.219 e. The monoisotopic (exact) mass is 298 g/mol. The van der Waals surface area contributed by atoms with Gasteiger partial charge in [-0.05, 0) is 24.3 Å². The normalized spacial score (nSPS) is 18.2. The zero-order chi connectivity index (χ0) is 15.5. The molecular weight excluding hydrogens is 280 g/mol. The topological polar surface area (TPSA) is 81.3 Å². The molecule has 0 radical (unpaired) electrons. The summed E-state index contributed by atoms with van der Waals surface area (Å²) in [4.78, 5) is 22.0. The molecule has 1 aliphatic heterocycles. The van der Waals surface area contributed by atoms with Gasteiger partial charge in [0.05, 0.1) is 24.5 Å². The van der Waals surface area contributed by atoms with Crippen molar-refractivity contribution in [3.8, 4) is 11.3 Å². The third-order valence-corrected chi connectivity index (χ3v) is 3.69. The lowest BCUT2D eigenvalue weighted by Gasteiger charge is -2.32. The quantitative estimate of drug-likeness (QED) is 0.911. The highest BCUT2D eigenvalue weighted by atomic mass is 16.5. The standard InChI is InChI=1S/C16H18N4O2/c1-11(21)20-7-8-22-15(10-20)14-4-2-3-13(19-14)12-5-6-16(17)18-9-12/h2-6,9,15H,7-8,10H2,1H3,(H2,17,18). The van der Waals surface area contributed by atoms with Gasteiger partial charge in [-0.3, -0.25) is 4.79 Å². The average Bonchev–Trinajstić information content (AvgIpc) is 2.56. The molecule has 3 rings (SSSR count). The maximum Gasteiger partial charge on any atom is 0.219 e. The van der Waals surface area contributed by atoms with Crippen molar-refractivity contribution in [1.29, 1.82) is 0 Å². The van der Waals surface area contributed by atoms with Gasteiger partial charge in [0, 0.05) is 25.2 Å². The van der Waals surface area contributed by atoms with E-state index in [0.717, 1.165) is 17.0 Å². The molecule has 1 fully saturated rings. The number of nitrogens with two attached hydrogens (primary N) is 1. The summed E-state index contributed by atoms with van der Waals surface area (Å²) in [6.45, 7) is 3.27. The van der Waals surface area contributed by atoms with Crippen LogP contribution < -0.4 is 5.73 Å². The van der Waals surface area contributed by atoms with Gasteiger partial charge < -0.3 is 15.4 Å². The summed E-state index contributed by atoms with van der Waals surface area (Å²) in [7, 11) is 0. The third-order valence-electron chi connectivity index (χ3n) is 3.69. The van der Waals surface area contributed by atoms with Gasteiger partial charge in [0.2, 0.25) is 5.91 Å². The van der Waals surface area contributed by atoms with Gasteiger partial charge in [0.25, 0.3) is 0 Å². The Morgan fingerprint density at radius 2 is 2.23 bits per heavy atom. The molecule has 6 nitrogen and oxygen atoms in total. The van der Waals surface area contributed by atoms with E-state index in [1.807, 2.05) is 24.3 Å². The summed E-state index contributed by atoms with van der Waals surface area (Å²) in [5.41, 5.74) is 8.14.